The highest BCUT2D eigenvalue weighted by Crippen LogP contribution is 2.32. The summed E-state index contributed by atoms with van der Waals surface area (Å²) in [7, 11) is 0. The Morgan fingerprint density at radius 2 is 1.75 bits per heavy atom. The molecule has 1 aromatic heterocycles. The number of hydrogen-bond donors (Lipinski definition) is 2. The van der Waals surface area contributed by atoms with Crippen molar-refractivity contribution in [2.75, 3.05) is 19.0 Å². The number of benzene rings is 2. The second kappa shape index (κ2) is 11.5. The summed E-state index contributed by atoms with van der Waals surface area (Å²) in [4.78, 5) is 16.7. The van der Waals surface area contributed by atoms with Crippen LogP contribution in [0.4, 0.5) is 0 Å². The van der Waals surface area contributed by atoms with Gasteiger partial charge in [0.2, 0.25) is 5.91 Å². The maximum Gasteiger partial charge on any atom is 0.238 e. The molecule has 2 aromatic carbocycles. The third-order valence-electron chi connectivity index (χ3n) is 5.05. The topological polar surface area (TPSA) is 72.5 Å². The Hall–Kier alpha value is -3.03. The van der Waals surface area contributed by atoms with Crippen molar-refractivity contribution in [1.29, 1.82) is 0 Å². The first-order valence-corrected chi connectivity index (χ1v) is 11.8. The number of rotatable bonds is 10. The van der Waals surface area contributed by atoms with Crippen molar-refractivity contribution >= 4 is 17.7 Å². The van der Waals surface area contributed by atoms with Crippen molar-refractivity contribution in [3.63, 3.8) is 0 Å². The predicted octanol–water partition coefficient (Wildman–Crippen LogP) is 3.95. The number of carbonyl (C=O) groups excluding carboxylic acids is 1. The van der Waals surface area contributed by atoms with Gasteiger partial charge in [0.15, 0.2) is 0 Å². The number of ether oxygens (including phenoxy) is 2. The molecule has 1 aliphatic heterocycles. The zero-order valence-electron chi connectivity index (χ0n) is 17.8. The van der Waals surface area contributed by atoms with Gasteiger partial charge in [0.05, 0.1) is 24.6 Å². The second-order valence-corrected chi connectivity index (χ2v) is 8.58. The molecule has 2 atom stereocenters. The summed E-state index contributed by atoms with van der Waals surface area (Å²) in [5, 5.41) is 6.50. The van der Waals surface area contributed by atoms with Gasteiger partial charge in [-0.25, -0.2) is 0 Å². The summed E-state index contributed by atoms with van der Waals surface area (Å²) in [6.45, 7) is 1.69. The number of para-hydroxylation sites is 1. The van der Waals surface area contributed by atoms with Crippen LogP contribution >= 0.6 is 11.8 Å². The van der Waals surface area contributed by atoms with E-state index in [1.165, 1.54) is 0 Å². The molecular weight excluding hydrogens is 422 g/mol. The van der Waals surface area contributed by atoms with Gasteiger partial charge in [-0.2, -0.15) is 0 Å². The van der Waals surface area contributed by atoms with Crippen LogP contribution in [0.2, 0.25) is 0 Å². The summed E-state index contributed by atoms with van der Waals surface area (Å²) in [5.41, 5.74) is 2.13. The monoisotopic (exact) mass is 449 g/mol. The van der Waals surface area contributed by atoms with Crippen LogP contribution < -0.4 is 20.1 Å². The zero-order valence-corrected chi connectivity index (χ0v) is 18.6. The lowest BCUT2D eigenvalue weighted by Gasteiger charge is -2.14. The molecule has 1 saturated heterocycles. The van der Waals surface area contributed by atoms with Crippen molar-refractivity contribution in [3.05, 3.63) is 90.3 Å². The van der Waals surface area contributed by atoms with Crippen LogP contribution in [0.25, 0.3) is 0 Å². The first kappa shape index (κ1) is 22.2. The molecule has 2 unspecified atom stereocenters. The average Bonchev–Trinajstić information content (AvgIpc) is 3.35. The van der Waals surface area contributed by atoms with Crippen LogP contribution in [0.1, 0.15) is 22.9 Å². The standard InChI is InChI=1S/C25H27N3O3S/c29-24(23-18-32-25(28-23)20-6-4-13-26-17-20)27-16-19-9-11-22(12-10-19)31-15-5-14-30-21-7-2-1-3-8-21/h1-4,6-13,17,23,25,28H,5,14-16,18H2,(H,27,29). The summed E-state index contributed by atoms with van der Waals surface area (Å²) in [6.07, 6.45) is 4.40. The molecule has 4 rings (SSSR count). The van der Waals surface area contributed by atoms with Crippen LogP contribution in [0.15, 0.2) is 79.1 Å². The van der Waals surface area contributed by atoms with E-state index in [9.17, 15) is 4.79 Å². The van der Waals surface area contributed by atoms with E-state index in [2.05, 4.69) is 15.6 Å². The molecule has 0 aliphatic carbocycles. The highest BCUT2D eigenvalue weighted by Gasteiger charge is 2.30. The van der Waals surface area contributed by atoms with E-state index in [1.54, 1.807) is 18.0 Å². The number of hydrogen-bond acceptors (Lipinski definition) is 6. The van der Waals surface area contributed by atoms with E-state index in [-0.39, 0.29) is 17.3 Å². The molecule has 1 amide bonds. The van der Waals surface area contributed by atoms with E-state index in [0.29, 0.717) is 19.8 Å². The highest BCUT2D eigenvalue weighted by atomic mass is 32.2. The molecule has 1 fully saturated rings. The molecule has 2 N–H and O–H groups in total. The largest absolute Gasteiger partial charge is 0.493 e. The van der Waals surface area contributed by atoms with Crippen molar-refractivity contribution in [2.24, 2.45) is 0 Å². The Balaban J connectivity index is 1.14. The number of nitrogens with one attached hydrogen (secondary N) is 2. The quantitative estimate of drug-likeness (QED) is 0.457. The minimum absolute atomic E-state index is 0.0163. The van der Waals surface area contributed by atoms with Crippen LogP contribution in [0, 0.1) is 0 Å². The smallest absolute Gasteiger partial charge is 0.238 e. The third-order valence-corrected chi connectivity index (χ3v) is 6.31. The molecule has 2 heterocycles. The van der Waals surface area contributed by atoms with Gasteiger partial charge in [0.25, 0.3) is 0 Å². The van der Waals surface area contributed by atoms with Gasteiger partial charge >= 0.3 is 0 Å². The number of amides is 1. The molecule has 0 spiro atoms. The maximum absolute atomic E-state index is 12.5. The molecule has 6 nitrogen and oxygen atoms in total. The molecule has 7 heteroatoms. The number of carbonyl (C=O) groups is 1. The molecule has 32 heavy (non-hydrogen) atoms. The Kier molecular flexibility index (Phi) is 8.00. The van der Waals surface area contributed by atoms with Crippen molar-refractivity contribution in [3.8, 4) is 11.5 Å². The lowest BCUT2D eigenvalue weighted by atomic mass is 10.2. The first-order valence-electron chi connectivity index (χ1n) is 10.7. The zero-order chi connectivity index (χ0) is 22.0. The van der Waals surface area contributed by atoms with E-state index in [1.807, 2.05) is 72.9 Å². The van der Waals surface area contributed by atoms with Gasteiger partial charge in [-0.05, 0) is 41.5 Å². The van der Waals surface area contributed by atoms with Crippen molar-refractivity contribution in [2.45, 2.75) is 24.4 Å². The molecule has 0 radical (unpaired) electrons. The van der Waals surface area contributed by atoms with Gasteiger partial charge < -0.3 is 14.8 Å². The fourth-order valence-electron chi connectivity index (χ4n) is 3.32. The van der Waals surface area contributed by atoms with E-state index in [4.69, 9.17) is 9.47 Å². The van der Waals surface area contributed by atoms with E-state index >= 15 is 0 Å². The van der Waals surface area contributed by atoms with Crippen LogP contribution in [0.3, 0.4) is 0 Å². The van der Waals surface area contributed by atoms with Gasteiger partial charge in [-0.15, -0.1) is 11.8 Å². The second-order valence-electron chi connectivity index (χ2n) is 7.44. The van der Waals surface area contributed by atoms with Gasteiger partial charge in [-0.3, -0.25) is 15.1 Å². The Labute approximate surface area is 192 Å². The van der Waals surface area contributed by atoms with E-state index in [0.717, 1.165) is 34.8 Å². The van der Waals surface area contributed by atoms with Gasteiger partial charge in [-0.1, -0.05) is 36.4 Å². The Morgan fingerprint density at radius 1 is 1.00 bits per heavy atom. The summed E-state index contributed by atoms with van der Waals surface area (Å²) in [5.74, 6) is 2.44. The third kappa shape index (κ3) is 6.48. The SMILES string of the molecule is O=C(NCc1ccc(OCCCOc2ccccc2)cc1)C1CSC(c2cccnc2)N1. The Bertz CT molecular complexity index is 971. The van der Waals surface area contributed by atoms with Crippen molar-refractivity contribution < 1.29 is 14.3 Å². The van der Waals surface area contributed by atoms with Crippen molar-refractivity contribution in [1.82, 2.24) is 15.6 Å². The van der Waals surface area contributed by atoms with Gasteiger partial charge in [0, 0.05) is 31.1 Å². The number of pyridine rings is 1. The van der Waals surface area contributed by atoms with Crippen LogP contribution in [0.5, 0.6) is 11.5 Å². The molecular formula is C25H27N3O3S. The lowest BCUT2D eigenvalue weighted by Crippen LogP contribution is -2.42. The molecule has 0 saturated carbocycles. The number of thioether (sulfide) groups is 1. The Morgan fingerprint density at radius 3 is 2.47 bits per heavy atom. The summed E-state index contributed by atoms with van der Waals surface area (Å²) < 4.78 is 11.4. The number of nitrogens with zero attached hydrogens (tertiary/aromatic N) is 1. The summed E-state index contributed by atoms with van der Waals surface area (Å²) in [6, 6.07) is 21.3. The molecule has 1 aliphatic rings. The molecule has 0 bridgehead atoms. The predicted molar refractivity (Wildman–Crippen MR) is 127 cm³/mol. The maximum atomic E-state index is 12.5. The minimum Gasteiger partial charge on any atom is -0.493 e. The van der Waals surface area contributed by atoms with Crippen LogP contribution in [-0.4, -0.2) is 35.9 Å². The van der Waals surface area contributed by atoms with Gasteiger partial charge in [0.1, 0.15) is 11.5 Å². The molecule has 166 valence electrons. The summed E-state index contributed by atoms with van der Waals surface area (Å²) >= 11 is 1.73. The average molecular weight is 450 g/mol. The normalized spacial score (nSPS) is 17.6. The fraction of sp³-hybridized carbons (Fsp3) is 0.280. The first-order chi connectivity index (χ1) is 15.8. The number of aromatic nitrogens is 1. The fourth-order valence-corrected chi connectivity index (χ4v) is 4.54. The lowest BCUT2D eigenvalue weighted by molar-refractivity contribution is -0.122. The minimum atomic E-state index is -0.203. The van der Waals surface area contributed by atoms with Crippen LogP contribution in [-0.2, 0) is 11.3 Å². The molecule has 3 aromatic rings. The highest BCUT2D eigenvalue weighted by molar-refractivity contribution is 7.99. The van der Waals surface area contributed by atoms with E-state index < -0.39 is 0 Å².